The molecule has 1 saturated heterocycles. The Hall–Kier alpha value is -1.68. The number of thioether (sulfide) groups is 1. The fraction of sp³-hybridized carbons (Fsp3) is 0.500. The molecule has 2 amide bonds. The molecule has 11 heteroatoms. The van der Waals surface area contributed by atoms with Crippen molar-refractivity contribution in [2.75, 3.05) is 26.2 Å². The van der Waals surface area contributed by atoms with Crippen molar-refractivity contribution < 1.29 is 14.0 Å². The van der Waals surface area contributed by atoms with E-state index in [1.807, 2.05) is 23.9 Å². The van der Waals surface area contributed by atoms with Crippen LogP contribution in [0.15, 0.2) is 34.1 Å². The molecule has 1 fully saturated rings. The molecule has 8 nitrogen and oxygen atoms in total. The quantitative estimate of drug-likeness (QED) is 0.608. The zero-order valence-electron chi connectivity index (χ0n) is 16.2. The first-order valence-electron chi connectivity index (χ1n) is 9.04. The molecule has 0 saturated carbocycles. The molecule has 1 aliphatic rings. The number of rotatable bonds is 7. The predicted octanol–water partition coefficient (Wildman–Crippen LogP) is 2.08. The lowest BCUT2D eigenvalue weighted by Gasteiger charge is -2.31. The van der Waals surface area contributed by atoms with E-state index in [1.54, 1.807) is 28.9 Å². The van der Waals surface area contributed by atoms with E-state index in [0.29, 0.717) is 37.7 Å². The number of piperidine rings is 1. The number of nitrogens with one attached hydrogen (secondary N) is 1. The molecule has 1 atom stereocenters. The highest BCUT2D eigenvalue weighted by Crippen LogP contribution is 2.24. The number of amides is 2. The van der Waals surface area contributed by atoms with Crippen molar-refractivity contribution in [2.45, 2.75) is 23.8 Å². The van der Waals surface area contributed by atoms with Gasteiger partial charge in [0, 0.05) is 45.6 Å². The van der Waals surface area contributed by atoms with Gasteiger partial charge in [0.15, 0.2) is 10.9 Å². The number of hydrogen-bond donors (Lipinski definition) is 2. The van der Waals surface area contributed by atoms with Crippen LogP contribution in [0.25, 0.3) is 0 Å². The van der Waals surface area contributed by atoms with Gasteiger partial charge in [0.05, 0.1) is 11.7 Å². The molecule has 0 radical (unpaired) electrons. The number of halogens is 2. The van der Waals surface area contributed by atoms with E-state index in [4.69, 9.17) is 10.2 Å². The van der Waals surface area contributed by atoms with E-state index in [1.165, 1.54) is 0 Å². The first kappa shape index (κ1) is 25.4. The summed E-state index contributed by atoms with van der Waals surface area (Å²) in [5, 5.41) is 3.69. The summed E-state index contributed by atoms with van der Waals surface area (Å²) >= 11 is 1.55. The Balaban J connectivity index is 0.00000210. The van der Waals surface area contributed by atoms with Gasteiger partial charge in [-0.1, -0.05) is 11.8 Å². The lowest BCUT2D eigenvalue weighted by Crippen LogP contribution is -2.46. The third-order valence-electron chi connectivity index (χ3n) is 4.52. The molecule has 1 unspecified atom stereocenters. The molecule has 0 bridgehead atoms. The third kappa shape index (κ3) is 6.67. The van der Waals surface area contributed by atoms with Crippen LogP contribution in [-0.4, -0.2) is 52.4 Å². The topological polar surface area (TPSA) is 106 Å². The molecular weight excluding hydrogens is 437 g/mol. The minimum atomic E-state index is -0.192. The average molecular weight is 464 g/mol. The molecule has 2 aromatic rings. The van der Waals surface area contributed by atoms with Crippen molar-refractivity contribution in [3.05, 3.63) is 36.0 Å². The Kier molecular flexibility index (Phi) is 10.6. The zero-order chi connectivity index (χ0) is 19.2. The number of carbonyl (C=O) groups excluding carboxylic acids is 2. The molecule has 3 rings (SSSR count). The number of nitrogens with zero attached hydrogens (tertiary/aromatic N) is 3. The van der Waals surface area contributed by atoms with E-state index in [2.05, 4.69) is 10.3 Å². The summed E-state index contributed by atoms with van der Waals surface area (Å²) in [6.07, 6.45) is 5.21. The Labute approximate surface area is 186 Å². The van der Waals surface area contributed by atoms with Crippen LogP contribution in [0.4, 0.5) is 0 Å². The number of nitrogens with two attached hydrogens (primary N) is 1. The average Bonchev–Trinajstić information content (AvgIpc) is 3.32. The van der Waals surface area contributed by atoms with Crippen molar-refractivity contribution in [3.8, 4) is 0 Å². The normalized spacial score (nSPS) is 15.9. The van der Waals surface area contributed by atoms with E-state index in [0.717, 1.165) is 23.8 Å². The van der Waals surface area contributed by atoms with Crippen LogP contribution in [0.3, 0.4) is 0 Å². The number of imidazole rings is 1. The van der Waals surface area contributed by atoms with Crippen LogP contribution in [0.1, 0.15) is 29.2 Å². The van der Waals surface area contributed by atoms with Crippen LogP contribution in [-0.2, 0) is 17.6 Å². The summed E-state index contributed by atoms with van der Waals surface area (Å²) in [4.78, 5) is 30.8. The Morgan fingerprint density at radius 1 is 1.38 bits per heavy atom. The molecule has 162 valence electrons. The van der Waals surface area contributed by atoms with Crippen molar-refractivity contribution in [3.63, 3.8) is 0 Å². The minimum absolute atomic E-state index is 0. The van der Waals surface area contributed by atoms with Gasteiger partial charge in [-0.05, 0) is 25.0 Å². The fourth-order valence-corrected chi connectivity index (χ4v) is 3.89. The van der Waals surface area contributed by atoms with Crippen LogP contribution in [0.2, 0.25) is 0 Å². The van der Waals surface area contributed by atoms with Gasteiger partial charge >= 0.3 is 0 Å². The lowest BCUT2D eigenvalue weighted by atomic mass is 9.97. The highest BCUT2D eigenvalue weighted by atomic mass is 35.5. The van der Waals surface area contributed by atoms with Crippen LogP contribution < -0.4 is 11.1 Å². The molecule has 1 aliphatic heterocycles. The highest BCUT2D eigenvalue weighted by Gasteiger charge is 2.30. The van der Waals surface area contributed by atoms with Crippen molar-refractivity contribution in [2.24, 2.45) is 18.7 Å². The summed E-state index contributed by atoms with van der Waals surface area (Å²) in [5.74, 6) is 1.24. The fourth-order valence-electron chi connectivity index (χ4n) is 3.07. The maximum atomic E-state index is 12.7. The van der Waals surface area contributed by atoms with Crippen molar-refractivity contribution >= 4 is 48.4 Å². The van der Waals surface area contributed by atoms with Gasteiger partial charge < -0.3 is 24.9 Å². The Bertz CT molecular complexity index is 798. The number of aryl methyl sites for hydroxylation is 1. The van der Waals surface area contributed by atoms with Crippen LogP contribution >= 0.6 is 36.6 Å². The molecular formula is C18H27Cl2N5O3S. The van der Waals surface area contributed by atoms with Gasteiger partial charge in [0.1, 0.15) is 5.76 Å². The zero-order valence-corrected chi connectivity index (χ0v) is 18.7. The molecule has 29 heavy (non-hydrogen) atoms. The second-order valence-electron chi connectivity index (χ2n) is 6.55. The SMILES string of the molecule is Cl.Cl.Cn1ccnc1SCc1ccc(C(=O)N2CCCC(C(=O)NCCN)C2)o1. The summed E-state index contributed by atoms with van der Waals surface area (Å²) < 4.78 is 7.67. The largest absolute Gasteiger partial charge is 0.455 e. The molecule has 0 spiro atoms. The second kappa shape index (κ2) is 12.1. The molecule has 2 aromatic heterocycles. The maximum absolute atomic E-state index is 12.7. The smallest absolute Gasteiger partial charge is 0.289 e. The van der Waals surface area contributed by atoms with Crippen molar-refractivity contribution in [1.82, 2.24) is 19.8 Å². The van der Waals surface area contributed by atoms with Crippen LogP contribution in [0.5, 0.6) is 0 Å². The lowest BCUT2D eigenvalue weighted by molar-refractivity contribution is -0.126. The molecule has 3 N–H and O–H groups in total. The Morgan fingerprint density at radius 2 is 2.17 bits per heavy atom. The predicted molar refractivity (Wildman–Crippen MR) is 117 cm³/mol. The number of aromatic nitrogens is 2. The first-order chi connectivity index (χ1) is 13.1. The van der Waals surface area contributed by atoms with E-state index in [-0.39, 0.29) is 42.5 Å². The van der Waals surface area contributed by atoms with Gasteiger partial charge in [-0.2, -0.15) is 0 Å². The van der Waals surface area contributed by atoms with Crippen molar-refractivity contribution in [1.29, 1.82) is 0 Å². The van der Waals surface area contributed by atoms with E-state index < -0.39 is 0 Å². The Morgan fingerprint density at radius 3 is 2.86 bits per heavy atom. The monoisotopic (exact) mass is 463 g/mol. The molecule has 0 aliphatic carbocycles. The summed E-state index contributed by atoms with van der Waals surface area (Å²) in [5.41, 5.74) is 5.43. The van der Waals surface area contributed by atoms with Gasteiger partial charge in [-0.15, -0.1) is 24.8 Å². The van der Waals surface area contributed by atoms with E-state index >= 15 is 0 Å². The van der Waals surface area contributed by atoms with Gasteiger partial charge in [0.2, 0.25) is 5.91 Å². The number of furan rings is 1. The van der Waals surface area contributed by atoms with Gasteiger partial charge in [-0.3, -0.25) is 9.59 Å². The van der Waals surface area contributed by atoms with Crippen LogP contribution in [0, 0.1) is 5.92 Å². The minimum Gasteiger partial charge on any atom is -0.455 e. The summed E-state index contributed by atoms with van der Waals surface area (Å²) in [6, 6.07) is 3.52. The third-order valence-corrected chi connectivity index (χ3v) is 5.60. The number of carbonyl (C=O) groups is 2. The standard InChI is InChI=1S/C18H25N5O3S.2ClH/c1-22-10-8-21-18(22)27-12-14-4-5-15(26-14)17(25)23-9-2-3-13(11-23)16(24)20-7-6-19;;/h4-5,8,10,13H,2-3,6-7,9,11-12,19H2,1H3,(H,20,24);2*1H. The van der Waals surface area contributed by atoms with Gasteiger partial charge in [0.25, 0.3) is 5.91 Å². The summed E-state index contributed by atoms with van der Waals surface area (Å²) in [6.45, 7) is 1.91. The number of likely N-dealkylation sites (tertiary alicyclic amines) is 1. The highest BCUT2D eigenvalue weighted by molar-refractivity contribution is 7.98. The first-order valence-corrected chi connectivity index (χ1v) is 10.0. The van der Waals surface area contributed by atoms with E-state index in [9.17, 15) is 9.59 Å². The number of hydrogen-bond acceptors (Lipinski definition) is 6. The maximum Gasteiger partial charge on any atom is 0.289 e. The van der Waals surface area contributed by atoms with Gasteiger partial charge in [-0.25, -0.2) is 4.98 Å². The second-order valence-corrected chi connectivity index (χ2v) is 7.49. The summed E-state index contributed by atoms with van der Waals surface area (Å²) in [7, 11) is 1.93. The molecule has 3 heterocycles. The molecule has 0 aromatic carbocycles.